The Morgan fingerprint density at radius 2 is 1.56 bits per heavy atom. The molecule has 0 aliphatic carbocycles. The summed E-state index contributed by atoms with van der Waals surface area (Å²) in [6, 6.07) is -0.626. The number of urea groups is 1. The maximum absolute atomic E-state index is 11.9. The highest BCUT2D eigenvalue weighted by Crippen LogP contribution is 2.00. The van der Waals surface area contributed by atoms with E-state index in [9.17, 15) is 14.4 Å². The molecule has 0 radical (unpaired) electrons. The number of ether oxygens (including phenoxy) is 1. The highest BCUT2D eigenvalue weighted by molar-refractivity contribution is 5.84. The molecular formula is C10H18N2O6. The molecule has 0 saturated carbocycles. The van der Waals surface area contributed by atoms with E-state index in [-0.39, 0.29) is 6.54 Å². The predicted octanol–water partition coefficient (Wildman–Crippen LogP) is -0.454. The summed E-state index contributed by atoms with van der Waals surface area (Å²) in [4.78, 5) is 35.2. The Kier molecular flexibility index (Phi) is 7.45. The SMILES string of the molecule is CCN(CCOC)C(=O)N(CC(=O)O)CC(=O)O. The average molecular weight is 262 g/mol. The van der Waals surface area contributed by atoms with Crippen LogP contribution < -0.4 is 0 Å². The molecule has 0 bridgehead atoms. The number of carboxylic acids is 2. The van der Waals surface area contributed by atoms with E-state index in [1.165, 1.54) is 12.0 Å². The number of likely N-dealkylation sites (N-methyl/N-ethyl adjacent to an activating group) is 1. The van der Waals surface area contributed by atoms with Crippen molar-refractivity contribution in [2.75, 3.05) is 39.9 Å². The van der Waals surface area contributed by atoms with Gasteiger partial charge in [0.1, 0.15) is 13.1 Å². The van der Waals surface area contributed by atoms with Gasteiger partial charge in [-0.1, -0.05) is 0 Å². The van der Waals surface area contributed by atoms with Crippen LogP contribution in [-0.2, 0) is 14.3 Å². The molecule has 0 aliphatic rings. The van der Waals surface area contributed by atoms with Gasteiger partial charge in [-0.2, -0.15) is 0 Å². The normalized spacial score (nSPS) is 9.89. The molecule has 0 aliphatic heterocycles. The van der Waals surface area contributed by atoms with Gasteiger partial charge in [-0.15, -0.1) is 0 Å². The summed E-state index contributed by atoms with van der Waals surface area (Å²) in [6.07, 6.45) is 0. The summed E-state index contributed by atoms with van der Waals surface area (Å²) in [5.74, 6) is -2.51. The maximum Gasteiger partial charge on any atom is 0.323 e. The molecule has 2 amide bonds. The van der Waals surface area contributed by atoms with Gasteiger partial charge < -0.3 is 24.7 Å². The third-order valence-electron chi connectivity index (χ3n) is 2.14. The van der Waals surface area contributed by atoms with Gasteiger partial charge in [-0.25, -0.2) is 4.79 Å². The summed E-state index contributed by atoms with van der Waals surface area (Å²) in [5, 5.41) is 17.3. The van der Waals surface area contributed by atoms with Crippen molar-refractivity contribution in [3.05, 3.63) is 0 Å². The fourth-order valence-corrected chi connectivity index (χ4v) is 1.31. The van der Waals surface area contributed by atoms with Crippen LogP contribution in [-0.4, -0.2) is 77.9 Å². The molecule has 0 aromatic heterocycles. The van der Waals surface area contributed by atoms with Crippen molar-refractivity contribution in [1.82, 2.24) is 9.80 Å². The van der Waals surface area contributed by atoms with Gasteiger partial charge in [0, 0.05) is 20.2 Å². The number of hydrogen-bond acceptors (Lipinski definition) is 4. The Hall–Kier alpha value is -1.83. The first kappa shape index (κ1) is 16.2. The number of amides is 2. The van der Waals surface area contributed by atoms with Gasteiger partial charge in [-0.05, 0) is 6.92 Å². The highest BCUT2D eigenvalue weighted by Gasteiger charge is 2.23. The van der Waals surface area contributed by atoms with Crippen molar-refractivity contribution in [3.8, 4) is 0 Å². The topological polar surface area (TPSA) is 107 Å². The third-order valence-corrected chi connectivity index (χ3v) is 2.14. The van der Waals surface area contributed by atoms with Crippen LogP contribution in [0.4, 0.5) is 4.79 Å². The Morgan fingerprint density at radius 1 is 1.06 bits per heavy atom. The van der Waals surface area contributed by atoms with Crippen molar-refractivity contribution in [2.24, 2.45) is 0 Å². The number of nitrogens with zero attached hydrogens (tertiary/aromatic N) is 2. The number of rotatable bonds is 8. The number of carbonyl (C=O) groups is 3. The molecule has 0 unspecified atom stereocenters. The van der Waals surface area contributed by atoms with Crippen LogP contribution in [0.2, 0.25) is 0 Å². The van der Waals surface area contributed by atoms with E-state index in [2.05, 4.69) is 0 Å². The molecule has 18 heavy (non-hydrogen) atoms. The monoisotopic (exact) mass is 262 g/mol. The van der Waals surface area contributed by atoms with Crippen LogP contribution >= 0.6 is 0 Å². The zero-order valence-electron chi connectivity index (χ0n) is 10.5. The number of carboxylic acid groups (broad SMARTS) is 2. The van der Waals surface area contributed by atoms with Crippen LogP contribution in [0.5, 0.6) is 0 Å². The largest absolute Gasteiger partial charge is 0.480 e. The molecule has 0 rings (SSSR count). The predicted molar refractivity (Wildman–Crippen MR) is 61.4 cm³/mol. The summed E-state index contributed by atoms with van der Waals surface area (Å²) in [5.41, 5.74) is 0. The zero-order chi connectivity index (χ0) is 14.1. The lowest BCUT2D eigenvalue weighted by molar-refractivity contribution is -0.140. The van der Waals surface area contributed by atoms with Crippen LogP contribution in [0.3, 0.4) is 0 Å². The number of carbonyl (C=O) groups excluding carboxylic acids is 1. The summed E-state index contributed by atoms with van der Waals surface area (Å²) in [7, 11) is 1.48. The Morgan fingerprint density at radius 3 is 1.89 bits per heavy atom. The highest BCUT2D eigenvalue weighted by atomic mass is 16.5. The minimum atomic E-state index is -1.26. The second-order valence-corrected chi connectivity index (χ2v) is 3.50. The van der Waals surface area contributed by atoms with Crippen molar-refractivity contribution < 1.29 is 29.3 Å². The molecule has 0 fully saturated rings. The Balaban J connectivity index is 4.67. The van der Waals surface area contributed by atoms with Crippen molar-refractivity contribution in [1.29, 1.82) is 0 Å². The van der Waals surface area contributed by atoms with Gasteiger partial charge in [0.25, 0.3) is 0 Å². The number of hydrogen-bond donors (Lipinski definition) is 2. The minimum Gasteiger partial charge on any atom is -0.480 e. The molecule has 0 spiro atoms. The van der Waals surface area contributed by atoms with Crippen LogP contribution in [0.1, 0.15) is 6.92 Å². The van der Waals surface area contributed by atoms with Gasteiger partial charge in [0.2, 0.25) is 0 Å². The second-order valence-electron chi connectivity index (χ2n) is 3.50. The molecule has 104 valence electrons. The smallest absolute Gasteiger partial charge is 0.323 e. The zero-order valence-corrected chi connectivity index (χ0v) is 10.5. The molecule has 2 N–H and O–H groups in total. The molecule has 0 aromatic carbocycles. The van der Waals surface area contributed by atoms with Gasteiger partial charge in [0.15, 0.2) is 0 Å². The lowest BCUT2D eigenvalue weighted by Crippen LogP contribution is -2.48. The van der Waals surface area contributed by atoms with Crippen LogP contribution in [0, 0.1) is 0 Å². The van der Waals surface area contributed by atoms with Crippen molar-refractivity contribution in [2.45, 2.75) is 6.92 Å². The quantitative estimate of drug-likeness (QED) is 0.613. The molecule has 0 aromatic rings. The van der Waals surface area contributed by atoms with E-state index in [4.69, 9.17) is 14.9 Å². The Labute approximate surface area is 105 Å². The lowest BCUT2D eigenvalue weighted by atomic mass is 10.4. The fourth-order valence-electron chi connectivity index (χ4n) is 1.31. The van der Waals surface area contributed by atoms with Crippen molar-refractivity contribution >= 4 is 18.0 Å². The number of methoxy groups -OCH3 is 1. The van der Waals surface area contributed by atoms with Crippen LogP contribution in [0.25, 0.3) is 0 Å². The summed E-state index contributed by atoms with van der Waals surface area (Å²) < 4.78 is 4.82. The second kappa shape index (κ2) is 8.29. The van der Waals surface area contributed by atoms with E-state index in [1.807, 2.05) is 0 Å². The van der Waals surface area contributed by atoms with Gasteiger partial charge >= 0.3 is 18.0 Å². The molecule has 8 heteroatoms. The number of aliphatic carboxylic acids is 2. The fraction of sp³-hybridized carbons (Fsp3) is 0.700. The van der Waals surface area contributed by atoms with Crippen molar-refractivity contribution in [3.63, 3.8) is 0 Å². The molecule has 0 saturated heterocycles. The van der Waals surface area contributed by atoms with Crippen LogP contribution in [0.15, 0.2) is 0 Å². The summed E-state index contributed by atoms with van der Waals surface area (Å²) >= 11 is 0. The lowest BCUT2D eigenvalue weighted by Gasteiger charge is -2.27. The first-order chi connectivity index (χ1) is 8.42. The first-order valence-electron chi connectivity index (χ1n) is 5.38. The van der Waals surface area contributed by atoms with E-state index in [0.717, 1.165) is 4.90 Å². The summed E-state index contributed by atoms with van der Waals surface area (Å²) in [6.45, 7) is 1.35. The first-order valence-corrected chi connectivity index (χ1v) is 5.38. The molecule has 0 atom stereocenters. The van der Waals surface area contributed by atoms with Gasteiger partial charge in [0.05, 0.1) is 6.61 Å². The van der Waals surface area contributed by atoms with E-state index in [0.29, 0.717) is 13.2 Å². The minimum absolute atomic E-state index is 0.279. The van der Waals surface area contributed by atoms with E-state index >= 15 is 0 Å². The molecule has 0 heterocycles. The average Bonchev–Trinajstić information content (AvgIpc) is 2.27. The third kappa shape index (κ3) is 6.04. The molecular weight excluding hydrogens is 244 g/mol. The van der Waals surface area contributed by atoms with E-state index in [1.54, 1.807) is 6.92 Å². The van der Waals surface area contributed by atoms with E-state index < -0.39 is 31.1 Å². The maximum atomic E-state index is 11.9. The Bertz CT molecular complexity index is 291. The molecule has 8 nitrogen and oxygen atoms in total. The van der Waals surface area contributed by atoms with Gasteiger partial charge in [-0.3, -0.25) is 9.59 Å². The standard InChI is InChI=1S/C10H18N2O6/c1-3-11(4-5-18-2)10(17)12(6-8(13)14)7-9(15)16/h3-7H2,1-2H3,(H,13,14)(H,15,16).